The maximum Gasteiger partial charge on any atom is 0.237 e. The first-order chi connectivity index (χ1) is 7.41. The Morgan fingerprint density at radius 1 is 1.62 bits per heavy atom. The van der Waals surface area contributed by atoms with Gasteiger partial charge in [0.25, 0.3) is 0 Å². The molecular formula is C12H24N2O2. The Hall–Kier alpha value is -0.610. The Balaban J connectivity index is 2.83. The number of aliphatic hydroxyl groups is 1. The third kappa shape index (κ3) is 2.95. The normalized spacial score (nSPS) is 27.6. The summed E-state index contributed by atoms with van der Waals surface area (Å²) in [5.41, 5.74) is -0.174. The van der Waals surface area contributed by atoms with Crippen LogP contribution in [-0.2, 0) is 4.79 Å². The highest BCUT2D eigenvalue weighted by Gasteiger charge is 2.39. The average Bonchev–Trinajstić information content (AvgIpc) is 2.19. The lowest BCUT2D eigenvalue weighted by Gasteiger charge is -2.46. The largest absolute Gasteiger partial charge is 0.396 e. The molecule has 4 heteroatoms. The average molecular weight is 228 g/mol. The molecule has 0 aromatic rings. The van der Waals surface area contributed by atoms with Gasteiger partial charge >= 0.3 is 0 Å². The fourth-order valence-corrected chi connectivity index (χ4v) is 2.29. The van der Waals surface area contributed by atoms with E-state index in [0.29, 0.717) is 12.5 Å². The predicted octanol–water partition coefficient (Wildman–Crippen LogP) is 0.746. The molecule has 2 atom stereocenters. The Morgan fingerprint density at radius 3 is 2.75 bits per heavy atom. The van der Waals surface area contributed by atoms with Crippen molar-refractivity contribution in [1.82, 2.24) is 10.2 Å². The molecule has 2 N–H and O–H groups in total. The Kier molecular flexibility index (Phi) is 4.33. The van der Waals surface area contributed by atoms with Crippen molar-refractivity contribution in [3.8, 4) is 0 Å². The fraction of sp³-hybridized carbons (Fsp3) is 0.917. The topological polar surface area (TPSA) is 52.6 Å². The Bertz CT molecular complexity index is 253. The zero-order valence-electron chi connectivity index (χ0n) is 10.8. The summed E-state index contributed by atoms with van der Waals surface area (Å²) in [5, 5.41) is 12.0. The van der Waals surface area contributed by atoms with Crippen LogP contribution in [0.15, 0.2) is 0 Å². The van der Waals surface area contributed by atoms with Gasteiger partial charge < -0.3 is 10.4 Å². The van der Waals surface area contributed by atoms with Crippen molar-refractivity contribution in [2.45, 2.75) is 58.2 Å². The van der Waals surface area contributed by atoms with E-state index in [1.165, 1.54) is 0 Å². The van der Waals surface area contributed by atoms with Crippen molar-refractivity contribution in [2.24, 2.45) is 0 Å². The SMILES string of the molecule is CCC(C)N1CC(C)(C)NC(=O)C1CCO. The number of amides is 1. The number of rotatable bonds is 4. The van der Waals surface area contributed by atoms with Gasteiger partial charge in [-0.3, -0.25) is 9.69 Å². The molecule has 1 amide bonds. The van der Waals surface area contributed by atoms with E-state index in [-0.39, 0.29) is 24.1 Å². The molecule has 1 saturated heterocycles. The standard InChI is InChI=1S/C12H24N2O2/c1-5-9(2)14-8-12(3,4)13-11(16)10(14)6-7-15/h9-10,15H,5-8H2,1-4H3,(H,13,16). The number of nitrogens with zero attached hydrogens (tertiary/aromatic N) is 1. The number of aliphatic hydroxyl groups excluding tert-OH is 1. The molecular weight excluding hydrogens is 204 g/mol. The van der Waals surface area contributed by atoms with Gasteiger partial charge in [0.2, 0.25) is 5.91 Å². The highest BCUT2D eigenvalue weighted by molar-refractivity contribution is 5.83. The van der Waals surface area contributed by atoms with Crippen LogP contribution >= 0.6 is 0 Å². The quantitative estimate of drug-likeness (QED) is 0.746. The van der Waals surface area contributed by atoms with Gasteiger partial charge in [0, 0.05) is 24.7 Å². The van der Waals surface area contributed by atoms with Crippen LogP contribution in [0.3, 0.4) is 0 Å². The molecule has 0 aromatic heterocycles. The molecule has 0 spiro atoms. The van der Waals surface area contributed by atoms with E-state index in [1.807, 2.05) is 13.8 Å². The minimum Gasteiger partial charge on any atom is -0.396 e. The van der Waals surface area contributed by atoms with Gasteiger partial charge in [0.1, 0.15) is 0 Å². The first kappa shape index (κ1) is 13.5. The molecule has 1 aliphatic rings. The highest BCUT2D eigenvalue weighted by atomic mass is 16.3. The van der Waals surface area contributed by atoms with E-state index in [1.54, 1.807) is 0 Å². The van der Waals surface area contributed by atoms with E-state index in [0.717, 1.165) is 13.0 Å². The van der Waals surface area contributed by atoms with Crippen molar-refractivity contribution in [1.29, 1.82) is 0 Å². The lowest BCUT2D eigenvalue weighted by molar-refractivity contribution is -0.135. The maximum absolute atomic E-state index is 12.0. The molecule has 94 valence electrons. The number of hydrogen-bond donors (Lipinski definition) is 2. The van der Waals surface area contributed by atoms with Crippen LogP contribution in [0.2, 0.25) is 0 Å². The fourth-order valence-electron chi connectivity index (χ4n) is 2.29. The van der Waals surface area contributed by atoms with Crippen LogP contribution in [0, 0.1) is 0 Å². The first-order valence-electron chi connectivity index (χ1n) is 6.10. The summed E-state index contributed by atoms with van der Waals surface area (Å²) in [6, 6.07) is 0.204. The summed E-state index contributed by atoms with van der Waals surface area (Å²) < 4.78 is 0. The van der Waals surface area contributed by atoms with Crippen molar-refractivity contribution in [2.75, 3.05) is 13.2 Å². The molecule has 1 fully saturated rings. The molecule has 2 unspecified atom stereocenters. The van der Waals surface area contributed by atoms with Gasteiger partial charge in [-0.1, -0.05) is 6.92 Å². The highest BCUT2D eigenvalue weighted by Crippen LogP contribution is 2.21. The second-order valence-electron chi connectivity index (χ2n) is 5.33. The number of carbonyl (C=O) groups excluding carboxylic acids is 1. The second kappa shape index (κ2) is 5.15. The summed E-state index contributed by atoms with van der Waals surface area (Å²) >= 11 is 0. The van der Waals surface area contributed by atoms with E-state index in [2.05, 4.69) is 24.1 Å². The van der Waals surface area contributed by atoms with Crippen molar-refractivity contribution in [3.05, 3.63) is 0 Å². The number of hydrogen-bond acceptors (Lipinski definition) is 3. The van der Waals surface area contributed by atoms with Gasteiger partial charge in [-0.25, -0.2) is 0 Å². The molecule has 1 heterocycles. The van der Waals surface area contributed by atoms with Crippen molar-refractivity contribution >= 4 is 5.91 Å². The zero-order valence-corrected chi connectivity index (χ0v) is 10.8. The van der Waals surface area contributed by atoms with Crippen LogP contribution in [0.5, 0.6) is 0 Å². The van der Waals surface area contributed by atoms with Crippen LogP contribution in [0.1, 0.15) is 40.5 Å². The molecule has 0 saturated carbocycles. The molecule has 4 nitrogen and oxygen atoms in total. The molecule has 0 aliphatic carbocycles. The van der Waals surface area contributed by atoms with E-state index >= 15 is 0 Å². The van der Waals surface area contributed by atoms with Crippen molar-refractivity contribution in [3.63, 3.8) is 0 Å². The van der Waals surface area contributed by atoms with Gasteiger partial charge in [0.05, 0.1) is 6.04 Å². The van der Waals surface area contributed by atoms with Gasteiger partial charge in [-0.2, -0.15) is 0 Å². The van der Waals surface area contributed by atoms with Crippen molar-refractivity contribution < 1.29 is 9.90 Å². The zero-order chi connectivity index (χ0) is 12.3. The number of piperazine rings is 1. The summed E-state index contributed by atoms with van der Waals surface area (Å²) in [4.78, 5) is 14.2. The summed E-state index contributed by atoms with van der Waals surface area (Å²) in [5.74, 6) is 0.0469. The van der Waals surface area contributed by atoms with E-state index in [4.69, 9.17) is 5.11 Å². The predicted molar refractivity (Wildman–Crippen MR) is 64.2 cm³/mol. The summed E-state index contributed by atoms with van der Waals surface area (Å²) in [7, 11) is 0. The van der Waals surface area contributed by atoms with Gasteiger partial charge in [-0.05, 0) is 33.6 Å². The van der Waals surface area contributed by atoms with Gasteiger partial charge in [-0.15, -0.1) is 0 Å². The molecule has 0 aromatic carbocycles. The van der Waals surface area contributed by atoms with Crippen LogP contribution < -0.4 is 5.32 Å². The van der Waals surface area contributed by atoms with E-state index < -0.39 is 0 Å². The van der Waals surface area contributed by atoms with Crippen LogP contribution in [0.4, 0.5) is 0 Å². The molecule has 16 heavy (non-hydrogen) atoms. The van der Waals surface area contributed by atoms with Gasteiger partial charge in [0.15, 0.2) is 0 Å². The summed E-state index contributed by atoms with van der Waals surface area (Å²) in [6.07, 6.45) is 1.54. The Labute approximate surface area is 98.0 Å². The Morgan fingerprint density at radius 2 is 2.25 bits per heavy atom. The minimum absolute atomic E-state index is 0.0469. The second-order valence-corrected chi connectivity index (χ2v) is 5.33. The monoisotopic (exact) mass is 228 g/mol. The molecule has 1 rings (SSSR count). The lowest BCUT2D eigenvalue weighted by Crippen LogP contribution is -2.66. The number of carbonyl (C=O) groups is 1. The molecule has 0 bridgehead atoms. The lowest BCUT2D eigenvalue weighted by atomic mass is 9.94. The van der Waals surface area contributed by atoms with E-state index in [9.17, 15) is 4.79 Å². The first-order valence-corrected chi connectivity index (χ1v) is 6.10. The summed E-state index contributed by atoms with van der Waals surface area (Å²) in [6.45, 7) is 9.24. The minimum atomic E-state index is -0.174. The third-order valence-electron chi connectivity index (χ3n) is 3.30. The molecule has 1 aliphatic heterocycles. The maximum atomic E-state index is 12.0. The van der Waals surface area contributed by atoms with Crippen LogP contribution in [-0.4, -0.2) is 46.7 Å². The third-order valence-corrected chi connectivity index (χ3v) is 3.30. The number of nitrogens with one attached hydrogen (secondary N) is 1. The van der Waals surface area contributed by atoms with Crippen LogP contribution in [0.25, 0.3) is 0 Å². The smallest absolute Gasteiger partial charge is 0.237 e. The molecule has 0 radical (unpaired) electrons.